The molecule has 4 rings (SSSR count). The normalized spacial score (nSPS) is 11.7. The van der Waals surface area contributed by atoms with E-state index in [1.807, 2.05) is 22.6 Å². The number of fused-ring (bicyclic) bond motifs is 3. The molecule has 0 aliphatic heterocycles. The van der Waals surface area contributed by atoms with E-state index in [1.165, 1.54) is 16.7 Å². The number of aromatic nitrogens is 3. The summed E-state index contributed by atoms with van der Waals surface area (Å²) in [6, 6.07) is 10.1. The summed E-state index contributed by atoms with van der Waals surface area (Å²) in [5.41, 5.74) is 20.4. The lowest BCUT2D eigenvalue weighted by molar-refractivity contribution is 0.855. The van der Waals surface area contributed by atoms with Crippen LogP contribution in [0.3, 0.4) is 0 Å². The number of anilines is 2. The maximum Gasteiger partial charge on any atom is 0.150 e. The van der Waals surface area contributed by atoms with Gasteiger partial charge in [0.1, 0.15) is 17.2 Å². The first-order chi connectivity index (χ1) is 12.4. The average molecular weight is 345 g/mol. The quantitative estimate of drug-likeness (QED) is 0.526. The Balaban J connectivity index is 2.18. The smallest absolute Gasteiger partial charge is 0.150 e. The standard InChI is InChI=1S/C21H23N5/c1-11(2)14-9-8-12(3)18(13(14)4)21-24-10-17-20(23)25-16-7-5-6-15(22)19(16)26(17)21/h5-11H,22H2,1-4H3,(H2,23,25). The Morgan fingerprint density at radius 2 is 1.81 bits per heavy atom. The van der Waals surface area contributed by atoms with Crippen LogP contribution >= 0.6 is 0 Å². The fourth-order valence-corrected chi connectivity index (χ4v) is 3.84. The minimum Gasteiger partial charge on any atom is -0.397 e. The molecule has 2 heterocycles. The summed E-state index contributed by atoms with van der Waals surface area (Å²) in [6.45, 7) is 8.69. The van der Waals surface area contributed by atoms with Gasteiger partial charge in [-0.05, 0) is 48.6 Å². The number of para-hydroxylation sites is 1. The number of imidazole rings is 1. The highest BCUT2D eigenvalue weighted by atomic mass is 15.1. The lowest BCUT2D eigenvalue weighted by Gasteiger charge is -2.17. The van der Waals surface area contributed by atoms with E-state index >= 15 is 0 Å². The van der Waals surface area contributed by atoms with Gasteiger partial charge in [-0.3, -0.25) is 4.40 Å². The molecule has 4 aromatic rings. The molecule has 0 aliphatic rings. The van der Waals surface area contributed by atoms with Crippen molar-refractivity contribution in [1.29, 1.82) is 0 Å². The van der Waals surface area contributed by atoms with Gasteiger partial charge in [-0.15, -0.1) is 0 Å². The van der Waals surface area contributed by atoms with E-state index in [-0.39, 0.29) is 0 Å². The Labute approximate surface area is 152 Å². The molecule has 0 fully saturated rings. The van der Waals surface area contributed by atoms with Crippen molar-refractivity contribution in [1.82, 2.24) is 14.4 Å². The van der Waals surface area contributed by atoms with Crippen molar-refractivity contribution in [2.45, 2.75) is 33.6 Å². The number of nitrogens with zero attached hydrogens (tertiary/aromatic N) is 3. The molecular weight excluding hydrogens is 322 g/mol. The number of rotatable bonds is 2. The second kappa shape index (κ2) is 5.73. The molecule has 0 bridgehead atoms. The third-order valence-electron chi connectivity index (χ3n) is 5.10. The molecule has 5 nitrogen and oxygen atoms in total. The second-order valence-corrected chi connectivity index (χ2v) is 7.14. The highest BCUT2D eigenvalue weighted by molar-refractivity contribution is 5.94. The van der Waals surface area contributed by atoms with Crippen molar-refractivity contribution in [3.63, 3.8) is 0 Å². The Morgan fingerprint density at radius 1 is 1.04 bits per heavy atom. The molecular formula is C21H23N5. The number of nitrogen functional groups attached to an aromatic ring is 2. The van der Waals surface area contributed by atoms with Crippen LogP contribution < -0.4 is 11.5 Å². The summed E-state index contributed by atoms with van der Waals surface area (Å²) >= 11 is 0. The molecule has 0 unspecified atom stereocenters. The van der Waals surface area contributed by atoms with Crippen LogP contribution in [0.4, 0.5) is 11.5 Å². The number of benzene rings is 2. The van der Waals surface area contributed by atoms with Crippen molar-refractivity contribution in [3.05, 3.63) is 53.2 Å². The van der Waals surface area contributed by atoms with Gasteiger partial charge < -0.3 is 11.5 Å². The largest absolute Gasteiger partial charge is 0.397 e. The van der Waals surface area contributed by atoms with Gasteiger partial charge in [0.05, 0.1) is 22.9 Å². The van der Waals surface area contributed by atoms with Gasteiger partial charge in [0, 0.05) is 5.56 Å². The zero-order valence-corrected chi connectivity index (χ0v) is 15.5. The molecule has 2 aromatic heterocycles. The van der Waals surface area contributed by atoms with Gasteiger partial charge in [-0.2, -0.15) is 0 Å². The highest BCUT2D eigenvalue weighted by Crippen LogP contribution is 2.35. The Kier molecular flexibility index (Phi) is 3.61. The van der Waals surface area contributed by atoms with Crippen molar-refractivity contribution >= 4 is 28.1 Å². The van der Waals surface area contributed by atoms with Crippen LogP contribution in [0.5, 0.6) is 0 Å². The van der Waals surface area contributed by atoms with Crippen LogP contribution in [-0.4, -0.2) is 14.4 Å². The molecule has 132 valence electrons. The van der Waals surface area contributed by atoms with E-state index in [0.29, 0.717) is 17.4 Å². The molecule has 0 saturated carbocycles. The molecule has 0 radical (unpaired) electrons. The van der Waals surface area contributed by atoms with Crippen molar-refractivity contribution in [2.75, 3.05) is 11.5 Å². The van der Waals surface area contributed by atoms with Gasteiger partial charge in [0.25, 0.3) is 0 Å². The zero-order valence-electron chi connectivity index (χ0n) is 15.5. The summed E-state index contributed by atoms with van der Waals surface area (Å²) in [4.78, 5) is 9.23. The Hall–Kier alpha value is -3.08. The van der Waals surface area contributed by atoms with Crippen molar-refractivity contribution in [2.24, 2.45) is 0 Å². The van der Waals surface area contributed by atoms with Gasteiger partial charge in [-0.25, -0.2) is 9.97 Å². The zero-order chi connectivity index (χ0) is 18.6. The van der Waals surface area contributed by atoms with E-state index in [9.17, 15) is 0 Å². The molecule has 5 heteroatoms. The molecule has 0 aliphatic carbocycles. The number of aryl methyl sites for hydroxylation is 1. The summed E-state index contributed by atoms with van der Waals surface area (Å²) in [5.74, 6) is 1.75. The van der Waals surface area contributed by atoms with E-state index in [0.717, 1.165) is 27.9 Å². The topological polar surface area (TPSA) is 82.2 Å². The lowest BCUT2D eigenvalue weighted by atomic mass is 9.91. The first-order valence-electron chi connectivity index (χ1n) is 8.81. The second-order valence-electron chi connectivity index (χ2n) is 7.14. The van der Waals surface area contributed by atoms with Gasteiger partial charge >= 0.3 is 0 Å². The Bertz CT molecular complexity index is 1150. The fraction of sp³-hybridized carbons (Fsp3) is 0.238. The fourth-order valence-electron chi connectivity index (χ4n) is 3.84. The molecule has 4 N–H and O–H groups in total. The summed E-state index contributed by atoms with van der Waals surface area (Å²) in [5, 5.41) is 0. The monoisotopic (exact) mass is 345 g/mol. The van der Waals surface area contributed by atoms with Crippen LogP contribution in [0, 0.1) is 13.8 Å². The van der Waals surface area contributed by atoms with Crippen LogP contribution in [-0.2, 0) is 0 Å². The third kappa shape index (κ3) is 2.24. The first-order valence-corrected chi connectivity index (χ1v) is 8.81. The van der Waals surface area contributed by atoms with Gasteiger partial charge in [0.2, 0.25) is 0 Å². The van der Waals surface area contributed by atoms with Crippen LogP contribution in [0.2, 0.25) is 0 Å². The minimum atomic E-state index is 0.439. The van der Waals surface area contributed by atoms with Crippen LogP contribution in [0.1, 0.15) is 36.5 Å². The van der Waals surface area contributed by atoms with Crippen molar-refractivity contribution in [3.8, 4) is 11.4 Å². The van der Waals surface area contributed by atoms with Crippen LogP contribution in [0.25, 0.3) is 27.9 Å². The van der Waals surface area contributed by atoms with E-state index < -0.39 is 0 Å². The van der Waals surface area contributed by atoms with Crippen LogP contribution in [0.15, 0.2) is 36.5 Å². The summed E-state index contributed by atoms with van der Waals surface area (Å²) < 4.78 is 2.05. The predicted molar refractivity (Wildman–Crippen MR) is 108 cm³/mol. The van der Waals surface area contributed by atoms with Gasteiger partial charge in [0.15, 0.2) is 0 Å². The summed E-state index contributed by atoms with van der Waals surface area (Å²) in [6.07, 6.45) is 1.78. The molecule has 2 aromatic carbocycles. The molecule has 0 atom stereocenters. The van der Waals surface area contributed by atoms with E-state index in [4.69, 9.17) is 16.5 Å². The number of hydrogen-bond donors (Lipinski definition) is 2. The highest BCUT2D eigenvalue weighted by Gasteiger charge is 2.19. The SMILES string of the molecule is Cc1ccc(C(C)C)c(C)c1-c1ncc2c(N)nc3cccc(N)c3n12. The minimum absolute atomic E-state index is 0.439. The molecule has 0 spiro atoms. The van der Waals surface area contributed by atoms with Crippen molar-refractivity contribution < 1.29 is 0 Å². The van der Waals surface area contributed by atoms with E-state index in [2.05, 4.69) is 44.8 Å². The van der Waals surface area contributed by atoms with E-state index in [1.54, 1.807) is 6.20 Å². The Morgan fingerprint density at radius 3 is 2.54 bits per heavy atom. The number of hydrogen-bond acceptors (Lipinski definition) is 4. The molecule has 0 amide bonds. The maximum absolute atomic E-state index is 6.30. The molecule has 26 heavy (non-hydrogen) atoms. The molecule has 0 saturated heterocycles. The predicted octanol–water partition coefficient (Wildman–Crippen LogP) is 4.45. The average Bonchev–Trinajstić information content (AvgIpc) is 3.00. The third-order valence-corrected chi connectivity index (χ3v) is 5.10. The lowest BCUT2D eigenvalue weighted by Crippen LogP contribution is -2.04. The van der Waals surface area contributed by atoms with Gasteiger partial charge in [-0.1, -0.05) is 32.0 Å². The first kappa shape index (κ1) is 16.4. The number of nitrogens with two attached hydrogens (primary N) is 2. The summed E-state index contributed by atoms with van der Waals surface area (Å²) in [7, 11) is 0. The maximum atomic E-state index is 6.30.